The number of anilines is 1. The Labute approximate surface area is 207 Å². The van der Waals surface area contributed by atoms with Gasteiger partial charge in [0.15, 0.2) is 0 Å². The van der Waals surface area contributed by atoms with E-state index in [0.29, 0.717) is 17.1 Å². The van der Waals surface area contributed by atoms with E-state index >= 15 is 0 Å². The first kappa shape index (κ1) is 23.0. The van der Waals surface area contributed by atoms with E-state index in [1.165, 1.54) is 11.8 Å². The molecule has 0 saturated carbocycles. The van der Waals surface area contributed by atoms with Crippen molar-refractivity contribution in [2.24, 2.45) is 4.99 Å². The van der Waals surface area contributed by atoms with Crippen LogP contribution in [0.2, 0.25) is 0 Å². The molecule has 0 spiro atoms. The number of carbonyl (C=O) groups is 3. The van der Waals surface area contributed by atoms with Gasteiger partial charge in [-0.25, -0.2) is 4.99 Å². The van der Waals surface area contributed by atoms with Gasteiger partial charge < -0.3 is 19.9 Å². The van der Waals surface area contributed by atoms with Crippen molar-refractivity contribution in [2.75, 3.05) is 18.1 Å². The maximum atomic E-state index is 13.8. The summed E-state index contributed by atoms with van der Waals surface area (Å²) in [5.74, 6) is -1.31. The van der Waals surface area contributed by atoms with Gasteiger partial charge in [-0.05, 0) is 18.2 Å². The van der Waals surface area contributed by atoms with Crippen molar-refractivity contribution in [3.05, 3.63) is 102 Å². The first-order valence-electron chi connectivity index (χ1n) is 11.6. The molecule has 2 amide bonds. The van der Waals surface area contributed by atoms with Gasteiger partial charge in [0.25, 0.3) is 11.8 Å². The molecule has 1 atom stereocenters. The Morgan fingerprint density at radius 3 is 2.50 bits per heavy atom. The minimum absolute atomic E-state index is 0.0127. The van der Waals surface area contributed by atoms with E-state index < -0.39 is 23.9 Å². The van der Waals surface area contributed by atoms with Gasteiger partial charge in [-0.3, -0.25) is 14.4 Å². The highest BCUT2D eigenvalue weighted by molar-refractivity contribution is 6.20. The van der Waals surface area contributed by atoms with Crippen LogP contribution < -0.4 is 10.2 Å². The number of esters is 1. The van der Waals surface area contributed by atoms with Gasteiger partial charge in [0.2, 0.25) is 6.17 Å². The van der Waals surface area contributed by atoms with E-state index in [4.69, 9.17) is 9.73 Å². The Kier molecular flexibility index (Phi) is 6.32. The summed E-state index contributed by atoms with van der Waals surface area (Å²) in [7, 11) is 0. The Bertz CT molecular complexity index is 1440. The van der Waals surface area contributed by atoms with Crippen LogP contribution in [0.5, 0.6) is 0 Å². The molecule has 8 heteroatoms. The SMILES string of the molecule is CC(=O)OCCN1C(=O)[C@H](NC(=O)c2cc3ccccc3[nH]2)N=C(c2ccccc2)c2ccccc21. The highest BCUT2D eigenvalue weighted by Gasteiger charge is 2.33. The Hall–Kier alpha value is -4.72. The van der Waals surface area contributed by atoms with Crippen LogP contribution in [-0.2, 0) is 14.3 Å². The average molecular weight is 481 g/mol. The summed E-state index contributed by atoms with van der Waals surface area (Å²) in [5.41, 5.74) is 3.90. The molecule has 5 rings (SSSR count). The van der Waals surface area contributed by atoms with Crippen LogP contribution in [0.3, 0.4) is 0 Å². The number of amides is 2. The number of carbonyl (C=O) groups excluding carboxylic acids is 3. The van der Waals surface area contributed by atoms with Crippen molar-refractivity contribution in [1.29, 1.82) is 0 Å². The summed E-state index contributed by atoms with van der Waals surface area (Å²) >= 11 is 0. The van der Waals surface area contributed by atoms with E-state index in [2.05, 4.69) is 10.3 Å². The highest BCUT2D eigenvalue weighted by Crippen LogP contribution is 2.28. The molecule has 0 unspecified atom stereocenters. The minimum atomic E-state index is -1.19. The van der Waals surface area contributed by atoms with Gasteiger partial charge in [-0.2, -0.15) is 0 Å². The predicted octanol–water partition coefficient (Wildman–Crippen LogP) is 3.67. The van der Waals surface area contributed by atoms with Crippen molar-refractivity contribution >= 4 is 40.1 Å². The minimum Gasteiger partial charge on any atom is -0.464 e. The van der Waals surface area contributed by atoms with E-state index in [1.54, 1.807) is 6.07 Å². The molecule has 1 aliphatic rings. The molecule has 180 valence electrons. The van der Waals surface area contributed by atoms with Crippen LogP contribution in [0.4, 0.5) is 5.69 Å². The van der Waals surface area contributed by atoms with Crippen LogP contribution in [0.1, 0.15) is 28.5 Å². The number of hydrogen-bond acceptors (Lipinski definition) is 5. The number of para-hydroxylation sites is 2. The summed E-state index contributed by atoms with van der Waals surface area (Å²) in [6.07, 6.45) is -1.19. The molecule has 8 nitrogen and oxygen atoms in total. The number of nitrogens with one attached hydrogen (secondary N) is 2. The first-order valence-corrected chi connectivity index (χ1v) is 11.6. The number of hydrogen-bond donors (Lipinski definition) is 2. The number of aromatic amines is 1. The number of benzene rings is 3. The van der Waals surface area contributed by atoms with Gasteiger partial charge in [-0.15, -0.1) is 0 Å². The molecule has 0 radical (unpaired) electrons. The molecule has 0 saturated heterocycles. The Balaban J connectivity index is 1.55. The molecule has 36 heavy (non-hydrogen) atoms. The number of aromatic nitrogens is 1. The Morgan fingerprint density at radius 2 is 1.72 bits per heavy atom. The number of fused-ring (bicyclic) bond motifs is 2. The van der Waals surface area contributed by atoms with Crippen LogP contribution in [-0.4, -0.2) is 47.8 Å². The standard InChI is InChI=1S/C28H24N4O4/c1-18(33)36-16-15-32-24-14-8-6-12-21(24)25(19-9-3-2-4-10-19)30-26(28(32)35)31-27(34)23-17-20-11-5-7-13-22(20)29-23/h2-14,17,26,29H,15-16H2,1H3,(H,31,34)/t26-/m0/s1. The smallest absolute Gasteiger partial charge is 0.302 e. The van der Waals surface area contributed by atoms with Gasteiger partial charge in [0.1, 0.15) is 12.3 Å². The molecule has 1 aliphatic heterocycles. The third-order valence-electron chi connectivity index (χ3n) is 5.92. The number of benzodiazepines with no additional fused rings is 1. The van der Waals surface area contributed by atoms with E-state index in [9.17, 15) is 14.4 Å². The van der Waals surface area contributed by atoms with Crippen LogP contribution in [0.25, 0.3) is 10.9 Å². The zero-order valence-electron chi connectivity index (χ0n) is 19.6. The fraction of sp³-hybridized carbons (Fsp3) is 0.143. The van der Waals surface area contributed by atoms with Gasteiger partial charge in [0.05, 0.1) is 17.9 Å². The molecule has 2 heterocycles. The fourth-order valence-electron chi connectivity index (χ4n) is 4.26. The molecule has 0 fully saturated rings. The van der Waals surface area contributed by atoms with Gasteiger partial charge >= 0.3 is 5.97 Å². The summed E-state index contributed by atoms with van der Waals surface area (Å²) < 4.78 is 5.12. The largest absolute Gasteiger partial charge is 0.464 e. The summed E-state index contributed by atoms with van der Waals surface area (Å²) in [6.45, 7) is 1.45. The molecular weight excluding hydrogens is 456 g/mol. The molecular formula is C28H24N4O4. The van der Waals surface area contributed by atoms with Crippen molar-refractivity contribution in [3.63, 3.8) is 0 Å². The number of rotatable bonds is 6. The lowest BCUT2D eigenvalue weighted by Crippen LogP contribution is -2.48. The second kappa shape index (κ2) is 9.87. The first-order chi connectivity index (χ1) is 17.5. The second-order valence-electron chi connectivity index (χ2n) is 8.34. The second-order valence-corrected chi connectivity index (χ2v) is 8.34. The monoisotopic (exact) mass is 480 g/mol. The molecule has 0 aliphatic carbocycles. The Morgan fingerprint density at radius 1 is 1.00 bits per heavy atom. The van der Waals surface area contributed by atoms with Gasteiger partial charge in [0, 0.05) is 29.0 Å². The zero-order chi connectivity index (χ0) is 25.1. The lowest BCUT2D eigenvalue weighted by molar-refractivity contribution is -0.141. The summed E-state index contributed by atoms with van der Waals surface area (Å²) in [6, 6.07) is 26.2. The molecule has 3 aromatic carbocycles. The summed E-state index contributed by atoms with van der Waals surface area (Å²) in [4.78, 5) is 47.7. The van der Waals surface area contributed by atoms with Crippen molar-refractivity contribution in [2.45, 2.75) is 13.1 Å². The number of H-pyrrole nitrogens is 1. The van der Waals surface area contributed by atoms with E-state index in [-0.39, 0.29) is 13.2 Å². The topological polar surface area (TPSA) is 104 Å². The quantitative estimate of drug-likeness (QED) is 0.411. The van der Waals surface area contributed by atoms with Crippen molar-refractivity contribution in [3.8, 4) is 0 Å². The maximum Gasteiger partial charge on any atom is 0.302 e. The van der Waals surface area contributed by atoms with E-state index in [0.717, 1.165) is 22.0 Å². The number of aliphatic imine (C=N–C) groups is 1. The zero-order valence-corrected chi connectivity index (χ0v) is 19.6. The molecule has 1 aromatic heterocycles. The van der Waals surface area contributed by atoms with Crippen LogP contribution in [0, 0.1) is 0 Å². The molecule has 0 bridgehead atoms. The van der Waals surface area contributed by atoms with Crippen LogP contribution >= 0.6 is 0 Å². The van der Waals surface area contributed by atoms with Crippen molar-refractivity contribution in [1.82, 2.24) is 10.3 Å². The third kappa shape index (κ3) is 4.61. The molecule has 2 N–H and O–H groups in total. The number of nitrogens with zero attached hydrogens (tertiary/aromatic N) is 2. The average Bonchev–Trinajstić information content (AvgIpc) is 3.29. The third-order valence-corrected chi connectivity index (χ3v) is 5.92. The number of ether oxygens (including phenoxy) is 1. The van der Waals surface area contributed by atoms with Crippen LogP contribution in [0.15, 0.2) is 89.9 Å². The normalized spacial score (nSPS) is 15.1. The lowest BCUT2D eigenvalue weighted by Gasteiger charge is -2.25. The summed E-state index contributed by atoms with van der Waals surface area (Å²) in [5, 5.41) is 3.68. The van der Waals surface area contributed by atoms with E-state index in [1.807, 2.05) is 78.9 Å². The predicted molar refractivity (Wildman–Crippen MR) is 137 cm³/mol. The maximum absolute atomic E-state index is 13.8. The van der Waals surface area contributed by atoms with Crippen molar-refractivity contribution < 1.29 is 19.1 Å². The lowest BCUT2D eigenvalue weighted by atomic mass is 10.0. The highest BCUT2D eigenvalue weighted by atomic mass is 16.5. The van der Waals surface area contributed by atoms with Gasteiger partial charge in [-0.1, -0.05) is 66.7 Å². The molecule has 4 aromatic rings. The fourth-order valence-corrected chi connectivity index (χ4v) is 4.26.